The van der Waals surface area contributed by atoms with Gasteiger partial charge in [-0.05, 0) is 29.1 Å². The Morgan fingerprint density at radius 2 is 1.56 bits per heavy atom. The first-order chi connectivity index (χ1) is 12.2. The number of methoxy groups -OCH3 is 1. The number of rotatable bonds is 5. The maximum atomic E-state index is 12.4. The number of hydrogen-bond donors (Lipinski definition) is 0. The van der Waals surface area contributed by atoms with Gasteiger partial charge in [0.25, 0.3) is 0 Å². The lowest BCUT2D eigenvalue weighted by atomic mass is 10.1. The van der Waals surface area contributed by atoms with Gasteiger partial charge in [-0.1, -0.05) is 18.2 Å². The molecule has 1 aromatic carbocycles. The van der Waals surface area contributed by atoms with Crippen LogP contribution in [0.15, 0.2) is 41.8 Å². The van der Waals surface area contributed by atoms with Crippen LogP contribution in [0.3, 0.4) is 0 Å². The highest BCUT2D eigenvalue weighted by molar-refractivity contribution is 7.10. The molecule has 0 atom stereocenters. The topological polar surface area (TPSA) is 49.9 Å². The van der Waals surface area contributed by atoms with Gasteiger partial charge in [-0.25, -0.2) is 0 Å². The Hall–Kier alpha value is -2.34. The zero-order valence-corrected chi connectivity index (χ0v) is 15.1. The third-order valence-electron chi connectivity index (χ3n) is 4.41. The molecule has 2 amide bonds. The number of hydrogen-bond acceptors (Lipinski definition) is 4. The average molecular weight is 358 g/mol. The summed E-state index contributed by atoms with van der Waals surface area (Å²) in [5.74, 6) is 1.04. The molecule has 0 unspecified atom stereocenters. The lowest BCUT2D eigenvalue weighted by Crippen LogP contribution is -2.51. The van der Waals surface area contributed by atoms with Crippen LogP contribution in [0.5, 0.6) is 5.75 Å². The van der Waals surface area contributed by atoms with Gasteiger partial charge in [0.05, 0.1) is 20.0 Å². The van der Waals surface area contributed by atoms with Crippen molar-refractivity contribution in [1.29, 1.82) is 0 Å². The van der Waals surface area contributed by atoms with E-state index in [1.807, 2.05) is 51.6 Å². The molecule has 1 fully saturated rings. The number of ether oxygens (including phenoxy) is 1. The van der Waals surface area contributed by atoms with Crippen molar-refractivity contribution < 1.29 is 14.3 Å². The van der Waals surface area contributed by atoms with E-state index in [0.29, 0.717) is 39.0 Å². The minimum atomic E-state index is 0.107. The highest BCUT2D eigenvalue weighted by Gasteiger charge is 2.24. The molecule has 0 spiro atoms. The molecule has 2 aromatic rings. The fourth-order valence-electron chi connectivity index (χ4n) is 2.91. The third kappa shape index (κ3) is 4.60. The van der Waals surface area contributed by atoms with Crippen molar-refractivity contribution in [3.63, 3.8) is 0 Å². The summed E-state index contributed by atoms with van der Waals surface area (Å²) in [7, 11) is 1.62. The standard InChI is InChI=1S/C19H22N2O3S/c1-24-16-6-4-15(5-7-16)13-18(22)20-8-10-21(11-9-20)19(23)14-17-3-2-12-25-17/h2-7,12H,8-11,13-14H2,1H3. The smallest absolute Gasteiger partial charge is 0.227 e. The van der Waals surface area contributed by atoms with Crippen molar-refractivity contribution in [2.45, 2.75) is 12.8 Å². The van der Waals surface area contributed by atoms with Gasteiger partial charge in [0.1, 0.15) is 5.75 Å². The van der Waals surface area contributed by atoms with Crippen LogP contribution in [0.2, 0.25) is 0 Å². The van der Waals surface area contributed by atoms with E-state index in [1.54, 1.807) is 18.4 Å². The number of benzene rings is 1. The summed E-state index contributed by atoms with van der Waals surface area (Å²) < 4.78 is 5.13. The van der Waals surface area contributed by atoms with E-state index >= 15 is 0 Å². The van der Waals surface area contributed by atoms with Gasteiger partial charge in [-0.3, -0.25) is 9.59 Å². The van der Waals surface area contributed by atoms with Crippen LogP contribution >= 0.6 is 11.3 Å². The zero-order valence-electron chi connectivity index (χ0n) is 14.3. The van der Waals surface area contributed by atoms with Gasteiger partial charge in [0, 0.05) is 31.1 Å². The van der Waals surface area contributed by atoms with E-state index in [4.69, 9.17) is 4.74 Å². The molecule has 0 radical (unpaired) electrons. The predicted octanol–water partition coefficient (Wildman–Crippen LogP) is 2.21. The Labute approximate surface area is 151 Å². The SMILES string of the molecule is COc1ccc(CC(=O)N2CCN(C(=O)Cc3cccs3)CC2)cc1. The number of amides is 2. The Kier molecular flexibility index (Phi) is 5.71. The van der Waals surface area contributed by atoms with Crippen molar-refractivity contribution in [3.05, 3.63) is 52.2 Å². The monoisotopic (exact) mass is 358 g/mol. The molecule has 0 bridgehead atoms. The summed E-state index contributed by atoms with van der Waals surface area (Å²) in [5.41, 5.74) is 0.974. The second-order valence-corrected chi connectivity index (χ2v) is 7.07. The molecule has 0 saturated carbocycles. The van der Waals surface area contributed by atoms with Crippen molar-refractivity contribution in [2.24, 2.45) is 0 Å². The molecule has 1 aromatic heterocycles. The molecule has 6 heteroatoms. The normalized spacial score (nSPS) is 14.4. The highest BCUT2D eigenvalue weighted by atomic mass is 32.1. The summed E-state index contributed by atoms with van der Waals surface area (Å²) in [4.78, 5) is 29.5. The summed E-state index contributed by atoms with van der Waals surface area (Å²) in [6, 6.07) is 11.5. The molecule has 1 aliphatic rings. The first-order valence-corrected chi connectivity index (χ1v) is 9.24. The lowest BCUT2D eigenvalue weighted by Gasteiger charge is -2.35. The molecule has 25 heavy (non-hydrogen) atoms. The van der Waals surface area contributed by atoms with E-state index in [2.05, 4.69) is 0 Å². The fourth-order valence-corrected chi connectivity index (χ4v) is 3.60. The van der Waals surface area contributed by atoms with Gasteiger partial charge in [0.15, 0.2) is 0 Å². The number of thiophene rings is 1. The molecule has 3 rings (SSSR count). The van der Waals surface area contributed by atoms with Crippen molar-refractivity contribution in [3.8, 4) is 5.75 Å². The molecular weight excluding hydrogens is 336 g/mol. The van der Waals surface area contributed by atoms with E-state index in [0.717, 1.165) is 16.2 Å². The van der Waals surface area contributed by atoms with E-state index in [9.17, 15) is 9.59 Å². The van der Waals surface area contributed by atoms with Crippen LogP contribution in [-0.4, -0.2) is 54.9 Å². The van der Waals surface area contributed by atoms with Crippen LogP contribution in [0, 0.1) is 0 Å². The molecule has 5 nitrogen and oxygen atoms in total. The second kappa shape index (κ2) is 8.16. The van der Waals surface area contributed by atoms with Crippen molar-refractivity contribution >= 4 is 23.2 Å². The first kappa shape index (κ1) is 17.5. The maximum Gasteiger partial charge on any atom is 0.227 e. The summed E-state index contributed by atoms with van der Waals surface area (Å²) in [5, 5.41) is 1.98. The lowest BCUT2D eigenvalue weighted by molar-refractivity contribution is -0.138. The van der Waals surface area contributed by atoms with Gasteiger partial charge in [-0.2, -0.15) is 0 Å². The molecule has 1 aliphatic heterocycles. The van der Waals surface area contributed by atoms with Crippen LogP contribution in [-0.2, 0) is 22.4 Å². The highest BCUT2D eigenvalue weighted by Crippen LogP contribution is 2.14. The molecule has 0 aliphatic carbocycles. The Morgan fingerprint density at radius 3 is 2.08 bits per heavy atom. The molecule has 1 saturated heterocycles. The summed E-state index contributed by atoms with van der Waals surface area (Å²) in [6.45, 7) is 2.42. The van der Waals surface area contributed by atoms with Gasteiger partial charge >= 0.3 is 0 Å². The van der Waals surface area contributed by atoms with Gasteiger partial charge in [-0.15, -0.1) is 11.3 Å². The van der Waals surface area contributed by atoms with Crippen LogP contribution in [0.1, 0.15) is 10.4 Å². The summed E-state index contributed by atoms with van der Waals surface area (Å²) in [6.07, 6.45) is 0.838. The number of piperazine rings is 1. The van der Waals surface area contributed by atoms with Crippen molar-refractivity contribution in [1.82, 2.24) is 9.80 Å². The minimum absolute atomic E-state index is 0.107. The van der Waals surface area contributed by atoms with Crippen LogP contribution in [0.25, 0.3) is 0 Å². The van der Waals surface area contributed by atoms with Gasteiger partial charge < -0.3 is 14.5 Å². The fraction of sp³-hybridized carbons (Fsp3) is 0.368. The number of carbonyl (C=O) groups is 2. The Morgan fingerprint density at radius 1 is 0.960 bits per heavy atom. The first-order valence-electron chi connectivity index (χ1n) is 8.36. The molecular formula is C19H22N2O3S. The predicted molar refractivity (Wildman–Crippen MR) is 97.9 cm³/mol. The largest absolute Gasteiger partial charge is 0.497 e. The minimum Gasteiger partial charge on any atom is -0.497 e. The molecule has 132 valence electrons. The van der Waals surface area contributed by atoms with E-state index in [1.165, 1.54) is 0 Å². The average Bonchev–Trinajstić information content (AvgIpc) is 3.15. The summed E-state index contributed by atoms with van der Waals surface area (Å²) >= 11 is 1.60. The Balaban J connectivity index is 1.47. The van der Waals surface area contributed by atoms with Crippen LogP contribution < -0.4 is 4.74 Å². The van der Waals surface area contributed by atoms with E-state index in [-0.39, 0.29) is 11.8 Å². The quantitative estimate of drug-likeness (QED) is 0.823. The molecule has 2 heterocycles. The maximum absolute atomic E-state index is 12.4. The molecule has 0 N–H and O–H groups in total. The number of nitrogens with zero attached hydrogens (tertiary/aromatic N) is 2. The number of carbonyl (C=O) groups excluding carboxylic acids is 2. The van der Waals surface area contributed by atoms with E-state index < -0.39 is 0 Å². The third-order valence-corrected chi connectivity index (χ3v) is 5.28. The zero-order chi connectivity index (χ0) is 17.6. The second-order valence-electron chi connectivity index (χ2n) is 6.04. The van der Waals surface area contributed by atoms with Crippen molar-refractivity contribution in [2.75, 3.05) is 33.3 Å². The van der Waals surface area contributed by atoms with Gasteiger partial charge in [0.2, 0.25) is 11.8 Å². The van der Waals surface area contributed by atoms with Crippen LogP contribution in [0.4, 0.5) is 0 Å². The Bertz CT molecular complexity index is 705.